The summed E-state index contributed by atoms with van der Waals surface area (Å²) >= 11 is 0. The second-order valence-corrected chi connectivity index (χ2v) is 7.11. The lowest BCUT2D eigenvalue weighted by Crippen LogP contribution is -2.27. The Kier molecular flexibility index (Phi) is 5.90. The van der Waals surface area contributed by atoms with Crippen molar-refractivity contribution in [3.63, 3.8) is 0 Å². The van der Waals surface area contributed by atoms with E-state index in [-0.39, 0.29) is 29.5 Å². The summed E-state index contributed by atoms with van der Waals surface area (Å²) in [5.41, 5.74) is -0.366. The first-order valence-corrected chi connectivity index (χ1v) is 8.10. The van der Waals surface area contributed by atoms with Crippen LogP contribution in [0.25, 0.3) is 0 Å². The van der Waals surface area contributed by atoms with Crippen LogP contribution in [0.4, 0.5) is 13.2 Å². The number of pyridine rings is 1. The third kappa shape index (κ3) is 6.06. The number of ether oxygens (including phenoxy) is 1. The summed E-state index contributed by atoms with van der Waals surface area (Å²) in [6.45, 7) is 6.05. The standard InChI is InChI=1S/C19H21F3N2O2/c1-18(2,3)11-16(25)24-12-13-6-5-9-23-17(13)26-15-8-4-7-14(10-15)19(20,21)22/h4-10H,11-12H2,1-3H3,(H,24,25). The summed E-state index contributed by atoms with van der Waals surface area (Å²) in [5, 5.41) is 2.78. The number of amides is 1. The highest BCUT2D eigenvalue weighted by atomic mass is 19.4. The molecule has 2 aromatic rings. The molecule has 1 aromatic heterocycles. The summed E-state index contributed by atoms with van der Waals surface area (Å²) in [6, 6.07) is 7.95. The molecule has 2 rings (SSSR count). The molecule has 0 saturated carbocycles. The van der Waals surface area contributed by atoms with Gasteiger partial charge in [0, 0.05) is 24.7 Å². The van der Waals surface area contributed by atoms with Crippen LogP contribution in [0, 0.1) is 5.41 Å². The molecule has 0 saturated heterocycles. The number of carbonyl (C=O) groups excluding carboxylic acids is 1. The van der Waals surface area contributed by atoms with E-state index in [9.17, 15) is 18.0 Å². The van der Waals surface area contributed by atoms with Gasteiger partial charge in [-0.1, -0.05) is 32.9 Å². The van der Waals surface area contributed by atoms with Gasteiger partial charge < -0.3 is 10.1 Å². The molecule has 1 N–H and O–H groups in total. The van der Waals surface area contributed by atoms with Crippen LogP contribution in [-0.2, 0) is 17.5 Å². The highest BCUT2D eigenvalue weighted by Gasteiger charge is 2.30. The van der Waals surface area contributed by atoms with Crippen LogP contribution >= 0.6 is 0 Å². The molecule has 0 aliphatic carbocycles. The number of alkyl halides is 3. The molecule has 140 valence electrons. The van der Waals surface area contributed by atoms with Gasteiger partial charge in [-0.05, 0) is 29.7 Å². The predicted octanol–water partition coefficient (Wildman–Crippen LogP) is 4.95. The Bertz CT molecular complexity index is 768. The van der Waals surface area contributed by atoms with Crippen molar-refractivity contribution in [3.8, 4) is 11.6 Å². The molecule has 0 spiro atoms. The molecule has 26 heavy (non-hydrogen) atoms. The summed E-state index contributed by atoms with van der Waals surface area (Å²) in [7, 11) is 0. The minimum Gasteiger partial charge on any atom is -0.439 e. The normalized spacial score (nSPS) is 11.9. The first-order chi connectivity index (χ1) is 12.0. The zero-order valence-corrected chi connectivity index (χ0v) is 14.9. The second-order valence-electron chi connectivity index (χ2n) is 7.11. The number of halogens is 3. The van der Waals surface area contributed by atoms with Gasteiger partial charge in [-0.25, -0.2) is 4.98 Å². The molecule has 0 aliphatic heterocycles. The van der Waals surface area contributed by atoms with E-state index < -0.39 is 11.7 Å². The van der Waals surface area contributed by atoms with Gasteiger partial charge in [0.15, 0.2) is 0 Å². The number of benzene rings is 1. The molecular weight excluding hydrogens is 345 g/mol. The Hall–Kier alpha value is -2.57. The maximum absolute atomic E-state index is 12.8. The molecule has 0 unspecified atom stereocenters. The lowest BCUT2D eigenvalue weighted by atomic mass is 9.92. The van der Waals surface area contributed by atoms with Crippen molar-refractivity contribution >= 4 is 5.91 Å². The highest BCUT2D eigenvalue weighted by Crippen LogP contribution is 2.32. The van der Waals surface area contributed by atoms with Crippen LogP contribution in [-0.4, -0.2) is 10.9 Å². The van der Waals surface area contributed by atoms with Crippen molar-refractivity contribution in [1.29, 1.82) is 0 Å². The summed E-state index contributed by atoms with van der Waals surface area (Å²) < 4.78 is 44.0. The third-order valence-electron chi connectivity index (χ3n) is 3.39. The van der Waals surface area contributed by atoms with E-state index in [1.165, 1.54) is 18.3 Å². The molecule has 0 atom stereocenters. The number of rotatable bonds is 5. The van der Waals surface area contributed by atoms with E-state index in [0.717, 1.165) is 12.1 Å². The van der Waals surface area contributed by atoms with Crippen molar-refractivity contribution in [2.75, 3.05) is 0 Å². The van der Waals surface area contributed by atoms with Gasteiger partial charge in [-0.15, -0.1) is 0 Å². The predicted molar refractivity (Wildman–Crippen MR) is 91.7 cm³/mol. The second kappa shape index (κ2) is 7.76. The quantitative estimate of drug-likeness (QED) is 0.815. The minimum absolute atomic E-state index is 0.0285. The molecule has 1 aromatic carbocycles. The van der Waals surface area contributed by atoms with Crippen molar-refractivity contribution in [2.45, 2.75) is 39.9 Å². The van der Waals surface area contributed by atoms with Crippen LogP contribution in [0.5, 0.6) is 11.6 Å². The SMILES string of the molecule is CC(C)(C)CC(=O)NCc1cccnc1Oc1cccc(C(F)(F)F)c1. The maximum Gasteiger partial charge on any atom is 0.416 e. The maximum atomic E-state index is 12.8. The lowest BCUT2D eigenvalue weighted by molar-refractivity contribution is -0.137. The minimum atomic E-state index is -4.45. The third-order valence-corrected chi connectivity index (χ3v) is 3.39. The monoisotopic (exact) mass is 366 g/mol. The van der Waals surface area contributed by atoms with Crippen LogP contribution in [0.3, 0.4) is 0 Å². The number of carbonyl (C=O) groups is 1. The summed E-state index contributed by atoms with van der Waals surface area (Å²) in [6.07, 6.45) is -2.62. The Morgan fingerprint density at radius 3 is 2.54 bits per heavy atom. The average Bonchev–Trinajstić information content (AvgIpc) is 2.52. The van der Waals surface area contributed by atoms with Crippen molar-refractivity contribution in [3.05, 3.63) is 53.7 Å². The molecule has 7 heteroatoms. The van der Waals surface area contributed by atoms with Crippen LogP contribution in [0.1, 0.15) is 38.3 Å². The van der Waals surface area contributed by atoms with Gasteiger partial charge >= 0.3 is 6.18 Å². The molecule has 1 amide bonds. The van der Waals surface area contributed by atoms with Crippen molar-refractivity contribution < 1.29 is 22.7 Å². The Labute approximate surface area is 150 Å². The smallest absolute Gasteiger partial charge is 0.416 e. The number of aromatic nitrogens is 1. The van der Waals surface area contributed by atoms with Crippen LogP contribution < -0.4 is 10.1 Å². The number of hydrogen-bond donors (Lipinski definition) is 1. The summed E-state index contributed by atoms with van der Waals surface area (Å²) in [5.74, 6) is 0.0649. The molecular formula is C19H21F3N2O2. The highest BCUT2D eigenvalue weighted by molar-refractivity contribution is 5.76. The van der Waals surface area contributed by atoms with Crippen molar-refractivity contribution in [2.24, 2.45) is 5.41 Å². The zero-order chi connectivity index (χ0) is 19.4. The number of hydrogen-bond acceptors (Lipinski definition) is 3. The average molecular weight is 366 g/mol. The van der Waals surface area contributed by atoms with Gasteiger partial charge in [0.25, 0.3) is 0 Å². The summed E-state index contributed by atoms with van der Waals surface area (Å²) in [4.78, 5) is 16.0. The molecule has 0 fully saturated rings. The van der Waals surface area contributed by atoms with Crippen molar-refractivity contribution in [1.82, 2.24) is 10.3 Å². The van der Waals surface area contributed by atoms with E-state index in [2.05, 4.69) is 10.3 Å². The first kappa shape index (κ1) is 19.8. The van der Waals surface area contributed by atoms with Gasteiger partial charge in [-0.3, -0.25) is 4.79 Å². The van der Waals surface area contributed by atoms with Gasteiger partial charge in [0.1, 0.15) is 5.75 Å². The lowest BCUT2D eigenvalue weighted by Gasteiger charge is -2.17. The fraction of sp³-hybridized carbons (Fsp3) is 0.368. The molecule has 0 bridgehead atoms. The fourth-order valence-electron chi connectivity index (χ4n) is 2.24. The number of nitrogens with zero attached hydrogens (tertiary/aromatic N) is 1. The zero-order valence-electron chi connectivity index (χ0n) is 14.9. The largest absolute Gasteiger partial charge is 0.439 e. The van der Waals surface area contributed by atoms with Crippen LogP contribution in [0.2, 0.25) is 0 Å². The van der Waals surface area contributed by atoms with E-state index in [1.807, 2.05) is 20.8 Å². The van der Waals surface area contributed by atoms with Gasteiger partial charge in [0.05, 0.1) is 5.56 Å². The topological polar surface area (TPSA) is 51.2 Å². The molecule has 1 heterocycles. The fourth-order valence-corrected chi connectivity index (χ4v) is 2.24. The van der Waals surface area contributed by atoms with E-state index in [0.29, 0.717) is 12.0 Å². The van der Waals surface area contributed by atoms with E-state index >= 15 is 0 Å². The Balaban J connectivity index is 2.11. The van der Waals surface area contributed by atoms with E-state index in [1.54, 1.807) is 12.1 Å². The number of nitrogens with one attached hydrogen (secondary N) is 1. The Morgan fingerprint density at radius 1 is 1.15 bits per heavy atom. The molecule has 4 nitrogen and oxygen atoms in total. The molecule has 0 aliphatic rings. The van der Waals surface area contributed by atoms with Crippen LogP contribution in [0.15, 0.2) is 42.6 Å². The molecule has 0 radical (unpaired) electrons. The Morgan fingerprint density at radius 2 is 1.88 bits per heavy atom. The van der Waals surface area contributed by atoms with Gasteiger partial charge in [0.2, 0.25) is 11.8 Å². The van der Waals surface area contributed by atoms with Gasteiger partial charge in [-0.2, -0.15) is 13.2 Å². The van der Waals surface area contributed by atoms with E-state index in [4.69, 9.17) is 4.74 Å². The first-order valence-electron chi connectivity index (χ1n) is 8.10.